The van der Waals surface area contributed by atoms with Crippen LogP contribution in [0.4, 0.5) is 4.39 Å². The lowest BCUT2D eigenvalue weighted by atomic mass is 9.75. The van der Waals surface area contributed by atoms with Crippen LogP contribution in [0.25, 0.3) is 0 Å². The Kier molecular flexibility index (Phi) is 13.9. The van der Waals surface area contributed by atoms with Crippen LogP contribution in [0.3, 0.4) is 0 Å². The summed E-state index contributed by atoms with van der Waals surface area (Å²) in [6, 6.07) is 6.81. The van der Waals surface area contributed by atoms with Crippen molar-refractivity contribution in [3.63, 3.8) is 0 Å². The van der Waals surface area contributed by atoms with Gasteiger partial charge in [0.25, 0.3) is 0 Å². The van der Waals surface area contributed by atoms with E-state index in [0.29, 0.717) is 12.5 Å². The number of rotatable bonds is 10. The van der Waals surface area contributed by atoms with Gasteiger partial charge in [0, 0.05) is 30.2 Å². The largest absolute Gasteiger partial charge is 0.480 e. The van der Waals surface area contributed by atoms with E-state index < -0.39 is 12.0 Å². The van der Waals surface area contributed by atoms with Crippen molar-refractivity contribution < 1.29 is 14.3 Å². The highest BCUT2D eigenvalue weighted by molar-refractivity contribution is 5.86. The highest BCUT2D eigenvalue weighted by Gasteiger charge is 2.47. The quantitative estimate of drug-likeness (QED) is 0.293. The zero-order valence-electron chi connectivity index (χ0n) is 26.4. The van der Waals surface area contributed by atoms with Crippen LogP contribution in [0.5, 0.6) is 0 Å². The first-order valence-electron chi connectivity index (χ1n) is 15.8. The second-order valence-corrected chi connectivity index (χ2v) is 12.9. The maximum Gasteiger partial charge on any atom is 0.321 e. The standard InChI is InChI=1S/C33H49FN4O2.3ClH/c1-6-29-27-12-13-33(31(27)38(8-3)35-29)14-16-36(17-15-33)21-24-19-26(37(7-2)30(22(4)5)32(39)40)20-28(24)23-10-9-11-25(34)18-23;;;/h9-11,18,22,24,26,28,30H,6-8,12-17,19-21H2,1-5H3,(H,39,40);3*1H/t24-,26+,28-,30-;;;/m1.../s1. The van der Waals surface area contributed by atoms with Gasteiger partial charge in [-0.05, 0) is 113 Å². The Balaban J connectivity index is 0.00000215. The van der Waals surface area contributed by atoms with Gasteiger partial charge >= 0.3 is 5.97 Å². The van der Waals surface area contributed by atoms with Gasteiger partial charge < -0.3 is 10.0 Å². The molecule has 1 saturated heterocycles. The molecule has 2 aliphatic carbocycles. The van der Waals surface area contributed by atoms with E-state index in [9.17, 15) is 14.3 Å². The van der Waals surface area contributed by atoms with Gasteiger partial charge in [0.1, 0.15) is 11.9 Å². The Labute approximate surface area is 276 Å². The molecule has 0 bridgehead atoms. The molecule has 5 rings (SSSR count). The van der Waals surface area contributed by atoms with Crippen LogP contribution in [-0.4, -0.2) is 68.9 Å². The summed E-state index contributed by atoms with van der Waals surface area (Å²) < 4.78 is 16.6. The van der Waals surface area contributed by atoms with Crippen molar-refractivity contribution >= 4 is 43.2 Å². The third-order valence-corrected chi connectivity index (χ3v) is 10.5. The fourth-order valence-corrected chi connectivity index (χ4v) is 8.59. The molecule has 0 amide bonds. The lowest BCUT2D eigenvalue weighted by molar-refractivity contribution is -0.146. The molecular weight excluding hydrogens is 610 g/mol. The number of hydrogen-bond donors (Lipinski definition) is 1. The SMILES string of the molecule is CCc1nn(CC)c2c1CCC21CCN(C[C@H]2C[C@H](N(CC)[C@@H](C(=O)O)C(C)C)C[C@@H]2c2cccc(F)c2)CC1.Cl.Cl.Cl. The summed E-state index contributed by atoms with van der Waals surface area (Å²) in [6.07, 6.45) is 7.61. The van der Waals surface area contributed by atoms with E-state index in [1.165, 1.54) is 42.3 Å². The number of hydrogen-bond acceptors (Lipinski definition) is 4. The fraction of sp³-hybridized carbons (Fsp3) is 0.697. The number of carboxylic acids is 1. The minimum atomic E-state index is -0.739. The number of benzene rings is 1. The fourth-order valence-electron chi connectivity index (χ4n) is 8.59. The summed E-state index contributed by atoms with van der Waals surface area (Å²) in [4.78, 5) is 17.1. The Morgan fingerprint density at radius 2 is 1.81 bits per heavy atom. The number of carbonyl (C=O) groups is 1. The molecule has 1 aromatic heterocycles. The summed E-state index contributed by atoms with van der Waals surface area (Å²) in [7, 11) is 0. The van der Waals surface area contributed by atoms with Crippen molar-refractivity contribution in [1.29, 1.82) is 0 Å². The predicted octanol–water partition coefficient (Wildman–Crippen LogP) is 7.14. The van der Waals surface area contributed by atoms with Crippen LogP contribution in [0.15, 0.2) is 24.3 Å². The van der Waals surface area contributed by atoms with Gasteiger partial charge in [0.15, 0.2) is 0 Å². The van der Waals surface area contributed by atoms with E-state index in [2.05, 4.69) is 41.3 Å². The van der Waals surface area contributed by atoms with Crippen molar-refractivity contribution in [2.45, 2.75) is 110 Å². The molecule has 0 radical (unpaired) electrons. The number of aromatic nitrogens is 2. The summed E-state index contributed by atoms with van der Waals surface area (Å²) in [5, 5.41) is 15.0. The molecule has 2 aromatic rings. The first-order chi connectivity index (χ1) is 19.2. The average molecular weight is 662 g/mol. The highest BCUT2D eigenvalue weighted by atomic mass is 35.5. The molecule has 6 nitrogen and oxygen atoms in total. The molecule has 1 saturated carbocycles. The number of halogens is 4. The van der Waals surface area contributed by atoms with E-state index in [1.807, 2.05) is 19.9 Å². The Bertz CT molecular complexity index is 1200. The Hall–Kier alpha value is -1.38. The number of aliphatic carboxylic acids is 1. The van der Waals surface area contributed by atoms with Crippen molar-refractivity contribution in [1.82, 2.24) is 19.6 Å². The van der Waals surface area contributed by atoms with Crippen LogP contribution in [0.2, 0.25) is 0 Å². The first-order valence-corrected chi connectivity index (χ1v) is 15.8. The zero-order valence-corrected chi connectivity index (χ0v) is 28.9. The maximum absolute atomic E-state index is 14.3. The molecule has 3 aliphatic rings. The van der Waals surface area contributed by atoms with Crippen LogP contribution in [-0.2, 0) is 29.6 Å². The predicted molar refractivity (Wildman–Crippen MR) is 179 cm³/mol. The molecular formula is C33H52Cl3FN4O2. The molecule has 43 heavy (non-hydrogen) atoms. The molecule has 2 heterocycles. The second kappa shape index (κ2) is 15.8. The molecule has 244 valence electrons. The van der Waals surface area contributed by atoms with Crippen LogP contribution in [0, 0.1) is 17.7 Å². The Morgan fingerprint density at radius 1 is 1.12 bits per heavy atom. The van der Waals surface area contributed by atoms with Crippen molar-refractivity contribution in [3.05, 3.63) is 52.6 Å². The van der Waals surface area contributed by atoms with Gasteiger partial charge in [-0.2, -0.15) is 5.10 Å². The number of likely N-dealkylation sites (tertiary alicyclic amines) is 1. The van der Waals surface area contributed by atoms with Crippen molar-refractivity contribution in [3.8, 4) is 0 Å². The number of piperidine rings is 1. The van der Waals surface area contributed by atoms with E-state index >= 15 is 0 Å². The minimum absolute atomic E-state index is 0. The second-order valence-electron chi connectivity index (χ2n) is 12.9. The third kappa shape index (κ3) is 7.38. The minimum Gasteiger partial charge on any atom is -0.480 e. The summed E-state index contributed by atoms with van der Waals surface area (Å²) in [5.41, 5.74) is 5.67. The molecule has 10 heteroatoms. The van der Waals surface area contributed by atoms with Crippen molar-refractivity contribution in [2.24, 2.45) is 11.8 Å². The molecule has 1 N–H and O–H groups in total. The molecule has 4 atom stereocenters. The molecule has 0 unspecified atom stereocenters. The van der Waals surface area contributed by atoms with E-state index in [1.54, 1.807) is 6.07 Å². The van der Waals surface area contributed by atoms with Gasteiger partial charge in [0.05, 0.1) is 5.69 Å². The first kappa shape index (κ1) is 37.8. The number of fused-ring (bicyclic) bond motifs is 2. The zero-order chi connectivity index (χ0) is 28.6. The van der Waals surface area contributed by atoms with Crippen LogP contribution >= 0.6 is 37.2 Å². The number of likely N-dealkylation sites (N-methyl/N-ethyl adjacent to an activating group) is 1. The monoisotopic (exact) mass is 660 g/mol. The molecule has 1 spiro atoms. The summed E-state index contributed by atoms with van der Waals surface area (Å²) in [5.74, 6) is -0.281. The van der Waals surface area contributed by atoms with Crippen LogP contribution in [0.1, 0.15) is 95.2 Å². The lowest BCUT2D eigenvalue weighted by Crippen LogP contribution is -2.49. The molecule has 2 fully saturated rings. The topological polar surface area (TPSA) is 61.6 Å². The average Bonchev–Trinajstić information content (AvgIpc) is 3.62. The van der Waals surface area contributed by atoms with Gasteiger partial charge in [-0.3, -0.25) is 14.4 Å². The van der Waals surface area contributed by atoms with Crippen molar-refractivity contribution in [2.75, 3.05) is 26.2 Å². The third-order valence-electron chi connectivity index (χ3n) is 10.5. The normalized spacial score (nSPS) is 23.5. The maximum atomic E-state index is 14.3. The molecule has 1 aromatic carbocycles. The van der Waals surface area contributed by atoms with Crippen LogP contribution < -0.4 is 0 Å². The van der Waals surface area contributed by atoms with Gasteiger partial charge in [0.2, 0.25) is 0 Å². The van der Waals surface area contributed by atoms with E-state index in [0.717, 1.165) is 57.4 Å². The summed E-state index contributed by atoms with van der Waals surface area (Å²) >= 11 is 0. The number of aryl methyl sites for hydroxylation is 2. The Morgan fingerprint density at radius 3 is 2.37 bits per heavy atom. The van der Waals surface area contributed by atoms with Gasteiger partial charge in [-0.25, -0.2) is 4.39 Å². The number of nitrogens with zero attached hydrogens (tertiary/aromatic N) is 4. The van der Waals surface area contributed by atoms with E-state index in [-0.39, 0.29) is 66.3 Å². The smallest absolute Gasteiger partial charge is 0.321 e. The van der Waals surface area contributed by atoms with Gasteiger partial charge in [-0.15, -0.1) is 37.2 Å². The highest BCUT2D eigenvalue weighted by Crippen LogP contribution is 2.49. The van der Waals surface area contributed by atoms with Gasteiger partial charge in [-0.1, -0.05) is 39.8 Å². The summed E-state index contributed by atoms with van der Waals surface area (Å²) in [6.45, 7) is 15.3. The molecule has 1 aliphatic heterocycles. The van der Waals surface area contributed by atoms with E-state index in [4.69, 9.17) is 5.10 Å². The number of carboxylic acid groups (broad SMARTS) is 1. The lowest BCUT2D eigenvalue weighted by Gasteiger charge is -2.41.